The van der Waals surface area contributed by atoms with E-state index in [-0.39, 0.29) is 0 Å². The minimum atomic E-state index is 0.926. The third kappa shape index (κ3) is 2.97. The molecule has 0 bridgehead atoms. The molecule has 0 aliphatic heterocycles. The molecule has 0 amide bonds. The van der Waals surface area contributed by atoms with Crippen molar-refractivity contribution in [3.63, 3.8) is 0 Å². The van der Waals surface area contributed by atoms with Crippen molar-refractivity contribution in [2.24, 2.45) is 0 Å². The summed E-state index contributed by atoms with van der Waals surface area (Å²) in [6.45, 7) is 1.93. The molecule has 0 fully saturated rings. The van der Waals surface area contributed by atoms with Gasteiger partial charge in [-0.25, -0.2) is 0 Å². The molecule has 0 aromatic rings. The first-order chi connectivity index (χ1) is 2.81. The molecule has 0 spiro atoms. The van der Waals surface area contributed by atoms with Gasteiger partial charge in [-0.2, -0.15) is 0 Å². The van der Waals surface area contributed by atoms with Crippen LogP contribution in [-0.4, -0.2) is 4.43 Å². The van der Waals surface area contributed by atoms with Crippen molar-refractivity contribution in [2.75, 3.05) is 4.43 Å². The number of rotatable bonds is 1. The van der Waals surface area contributed by atoms with Gasteiger partial charge >= 0.3 is 0 Å². The third-order valence-electron chi connectivity index (χ3n) is 0.441. The fourth-order valence-electron chi connectivity index (χ4n) is 0.0772. The van der Waals surface area contributed by atoms with Gasteiger partial charge in [0.1, 0.15) is 0 Å². The molecular formula is C4H6ClI. The van der Waals surface area contributed by atoms with Gasteiger partial charge in [-0.1, -0.05) is 40.3 Å². The molecule has 2 heteroatoms. The smallest absolute Gasteiger partial charge is 0.0351 e. The van der Waals surface area contributed by atoms with Crippen molar-refractivity contribution in [2.45, 2.75) is 6.92 Å². The normalized spacial score (nSPS) is 12.2. The zero-order chi connectivity index (χ0) is 4.99. The van der Waals surface area contributed by atoms with Crippen LogP contribution in [0.25, 0.3) is 0 Å². The molecule has 0 aromatic carbocycles. The predicted octanol–water partition coefficient (Wildman–Crippen LogP) is 2.56. The summed E-state index contributed by atoms with van der Waals surface area (Å²) in [6.07, 6.45) is 1.90. The quantitative estimate of drug-likeness (QED) is 0.467. The maximum atomic E-state index is 5.50. The van der Waals surface area contributed by atoms with E-state index in [0.717, 1.165) is 9.46 Å². The molecule has 0 atom stereocenters. The molecule has 0 unspecified atom stereocenters. The Labute approximate surface area is 56.7 Å². The summed E-state index contributed by atoms with van der Waals surface area (Å²) in [5.74, 6) is 0. The zero-order valence-corrected chi connectivity index (χ0v) is 6.45. The Balaban J connectivity index is 3.22. The summed E-state index contributed by atoms with van der Waals surface area (Å²) < 4.78 is 0.926. The molecule has 0 aliphatic carbocycles. The Bertz CT molecular complexity index is 58.6. The van der Waals surface area contributed by atoms with Crippen molar-refractivity contribution in [3.8, 4) is 0 Å². The van der Waals surface area contributed by atoms with Gasteiger partial charge in [-0.3, -0.25) is 0 Å². The molecule has 0 radical (unpaired) electrons. The maximum Gasteiger partial charge on any atom is 0.0351 e. The second-order valence-electron chi connectivity index (χ2n) is 0.869. The van der Waals surface area contributed by atoms with Gasteiger partial charge in [0, 0.05) is 9.46 Å². The standard InChI is InChI=1S/C4H6ClI/c1-2-4(5)3-6/h2H,3H2,1H3/b4-2+. The number of halogens is 2. The molecule has 0 nitrogen and oxygen atoms in total. The van der Waals surface area contributed by atoms with E-state index in [9.17, 15) is 0 Å². The van der Waals surface area contributed by atoms with Crippen molar-refractivity contribution in [3.05, 3.63) is 11.1 Å². The molecule has 0 rings (SSSR count). The highest BCUT2D eigenvalue weighted by molar-refractivity contribution is 14.1. The average Bonchev–Trinajstić information content (AvgIpc) is 1.65. The van der Waals surface area contributed by atoms with E-state index in [0.29, 0.717) is 0 Å². The maximum absolute atomic E-state index is 5.50. The van der Waals surface area contributed by atoms with E-state index in [1.54, 1.807) is 0 Å². The summed E-state index contributed by atoms with van der Waals surface area (Å²) in [5, 5.41) is 0.926. The number of allylic oxidation sites excluding steroid dienone is 2. The van der Waals surface area contributed by atoms with Gasteiger partial charge < -0.3 is 0 Å². The Morgan fingerprint density at radius 1 is 2.00 bits per heavy atom. The fourth-order valence-corrected chi connectivity index (χ4v) is 0.518. The highest BCUT2D eigenvalue weighted by atomic mass is 127. The molecule has 36 valence electrons. The molecule has 6 heavy (non-hydrogen) atoms. The van der Waals surface area contributed by atoms with Crippen LogP contribution in [0.1, 0.15) is 6.92 Å². The largest absolute Gasteiger partial charge is 0.0887 e. The Morgan fingerprint density at radius 3 is 2.50 bits per heavy atom. The summed E-state index contributed by atoms with van der Waals surface area (Å²) in [4.78, 5) is 0. The molecule has 0 saturated heterocycles. The minimum absolute atomic E-state index is 0.926. The second-order valence-corrected chi connectivity index (χ2v) is 2.12. The van der Waals surface area contributed by atoms with Crippen molar-refractivity contribution < 1.29 is 0 Å². The van der Waals surface area contributed by atoms with Crippen LogP contribution in [0.5, 0.6) is 0 Å². The highest BCUT2D eigenvalue weighted by Gasteiger charge is 1.78. The Hall–Kier alpha value is 0.760. The monoisotopic (exact) mass is 216 g/mol. The topological polar surface area (TPSA) is 0 Å². The molecular weight excluding hydrogens is 210 g/mol. The van der Waals surface area contributed by atoms with Crippen LogP contribution < -0.4 is 0 Å². The van der Waals surface area contributed by atoms with Crippen molar-refractivity contribution in [1.82, 2.24) is 0 Å². The van der Waals surface area contributed by atoms with Gasteiger partial charge in [0.05, 0.1) is 0 Å². The summed E-state index contributed by atoms with van der Waals surface area (Å²) in [5.41, 5.74) is 0. The van der Waals surface area contributed by atoms with Gasteiger partial charge in [0.15, 0.2) is 0 Å². The first-order valence-corrected chi connectivity index (χ1v) is 3.58. The van der Waals surface area contributed by atoms with Gasteiger partial charge in [-0.05, 0) is 6.92 Å². The van der Waals surface area contributed by atoms with Crippen molar-refractivity contribution in [1.29, 1.82) is 0 Å². The number of hydrogen-bond acceptors (Lipinski definition) is 0. The Morgan fingerprint density at radius 2 is 2.50 bits per heavy atom. The first-order valence-electron chi connectivity index (χ1n) is 1.68. The van der Waals surface area contributed by atoms with E-state index >= 15 is 0 Å². The van der Waals surface area contributed by atoms with Gasteiger partial charge in [0.25, 0.3) is 0 Å². The molecule has 0 aromatic heterocycles. The van der Waals surface area contributed by atoms with E-state index < -0.39 is 0 Å². The first kappa shape index (κ1) is 6.76. The lowest BCUT2D eigenvalue weighted by molar-refractivity contribution is 1.63. The van der Waals surface area contributed by atoms with Crippen LogP contribution in [0.3, 0.4) is 0 Å². The lowest BCUT2D eigenvalue weighted by Crippen LogP contribution is -1.64. The Kier molecular flexibility index (Phi) is 4.43. The lowest BCUT2D eigenvalue weighted by atomic mass is 10.6. The highest BCUT2D eigenvalue weighted by Crippen LogP contribution is 2.03. The van der Waals surface area contributed by atoms with Crippen LogP contribution in [0, 0.1) is 0 Å². The molecule has 0 heterocycles. The third-order valence-corrected chi connectivity index (χ3v) is 2.07. The van der Waals surface area contributed by atoms with Crippen LogP contribution in [0.2, 0.25) is 0 Å². The lowest BCUT2D eigenvalue weighted by Gasteiger charge is -1.80. The van der Waals surface area contributed by atoms with Gasteiger partial charge in [-0.15, -0.1) is 0 Å². The summed E-state index contributed by atoms with van der Waals surface area (Å²) in [6, 6.07) is 0. The van der Waals surface area contributed by atoms with E-state index in [1.165, 1.54) is 0 Å². The summed E-state index contributed by atoms with van der Waals surface area (Å²) in [7, 11) is 0. The SMILES string of the molecule is C/C=C(/Cl)CI. The van der Waals surface area contributed by atoms with Crippen LogP contribution >= 0.6 is 34.2 Å². The average molecular weight is 216 g/mol. The second kappa shape index (κ2) is 3.93. The van der Waals surface area contributed by atoms with Crippen LogP contribution in [0.4, 0.5) is 0 Å². The fraction of sp³-hybridized carbons (Fsp3) is 0.500. The molecule has 0 N–H and O–H groups in total. The van der Waals surface area contributed by atoms with E-state index in [4.69, 9.17) is 11.6 Å². The van der Waals surface area contributed by atoms with Crippen LogP contribution in [0.15, 0.2) is 11.1 Å². The minimum Gasteiger partial charge on any atom is -0.0887 e. The van der Waals surface area contributed by atoms with Gasteiger partial charge in [0.2, 0.25) is 0 Å². The summed E-state index contributed by atoms with van der Waals surface area (Å²) >= 11 is 7.72. The number of alkyl halides is 1. The zero-order valence-electron chi connectivity index (χ0n) is 3.54. The van der Waals surface area contributed by atoms with E-state index in [2.05, 4.69) is 22.6 Å². The molecule has 0 saturated carbocycles. The van der Waals surface area contributed by atoms with Crippen LogP contribution in [-0.2, 0) is 0 Å². The van der Waals surface area contributed by atoms with Crippen molar-refractivity contribution >= 4 is 34.2 Å². The predicted molar refractivity (Wildman–Crippen MR) is 38.5 cm³/mol. The molecule has 0 aliphatic rings. The number of hydrogen-bond donors (Lipinski definition) is 0. The van der Waals surface area contributed by atoms with E-state index in [1.807, 2.05) is 13.0 Å².